The number of anilines is 1. The van der Waals surface area contributed by atoms with Gasteiger partial charge >= 0.3 is 10.2 Å². The maximum atomic E-state index is 12.8. The number of benzene rings is 2. The van der Waals surface area contributed by atoms with Gasteiger partial charge in [-0.3, -0.25) is 4.79 Å². The molecule has 2 aromatic carbocycles. The third-order valence-electron chi connectivity index (χ3n) is 4.75. The van der Waals surface area contributed by atoms with Crippen molar-refractivity contribution in [1.82, 2.24) is 9.62 Å². The highest BCUT2D eigenvalue weighted by atomic mass is 32.2. The van der Waals surface area contributed by atoms with Crippen LogP contribution < -0.4 is 9.62 Å². The zero-order chi connectivity index (χ0) is 20.9. The molecule has 0 saturated heterocycles. The summed E-state index contributed by atoms with van der Waals surface area (Å²) in [6.45, 7) is 5.79. The molecule has 2 aromatic rings. The average Bonchev–Trinajstić information content (AvgIpc) is 2.67. The molecule has 1 amide bonds. The van der Waals surface area contributed by atoms with Gasteiger partial charge in [-0.15, -0.1) is 0 Å². The minimum absolute atomic E-state index is 0.175. The van der Waals surface area contributed by atoms with Crippen LogP contribution in [0.15, 0.2) is 48.5 Å². The van der Waals surface area contributed by atoms with E-state index >= 15 is 0 Å². The molecule has 0 spiro atoms. The quantitative estimate of drug-likeness (QED) is 0.736. The number of aryl methyl sites for hydroxylation is 2. The molecular weight excluding hydrogens is 374 g/mol. The summed E-state index contributed by atoms with van der Waals surface area (Å²) in [5.74, 6) is -0.348. The smallest absolute Gasteiger partial charge is 0.304 e. The average molecular weight is 404 g/mol. The zero-order valence-electron chi connectivity index (χ0n) is 17.1. The van der Waals surface area contributed by atoms with E-state index in [9.17, 15) is 13.2 Å². The molecule has 0 aliphatic heterocycles. The second-order valence-corrected chi connectivity index (χ2v) is 9.07. The Labute approximate surface area is 168 Å². The van der Waals surface area contributed by atoms with Crippen molar-refractivity contribution in [1.29, 1.82) is 0 Å². The molecule has 1 atom stereocenters. The van der Waals surface area contributed by atoms with Crippen molar-refractivity contribution in [3.8, 4) is 0 Å². The Kier molecular flexibility index (Phi) is 7.21. The zero-order valence-corrected chi connectivity index (χ0v) is 18.0. The first-order valence-corrected chi connectivity index (χ1v) is 10.7. The predicted octanol–water partition coefficient (Wildman–Crippen LogP) is 3.18. The monoisotopic (exact) mass is 403 g/mol. The van der Waals surface area contributed by atoms with Crippen molar-refractivity contribution >= 4 is 21.8 Å². The summed E-state index contributed by atoms with van der Waals surface area (Å²) < 4.78 is 27.7. The number of rotatable bonds is 8. The van der Waals surface area contributed by atoms with Crippen molar-refractivity contribution in [3.63, 3.8) is 0 Å². The van der Waals surface area contributed by atoms with Gasteiger partial charge in [-0.2, -0.15) is 12.7 Å². The normalized spacial score (nSPS) is 12.6. The van der Waals surface area contributed by atoms with Crippen LogP contribution in [0.3, 0.4) is 0 Å². The van der Waals surface area contributed by atoms with E-state index in [4.69, 9.17) is 0 Å². The first-order chi connectivity index (χ1) is 13.2. The van der Waals surface area contributed by atoms with Crippen LogP contribution in [0, 0.1) is 13.8 Å². The lowest BCUT2D eigenvalue weighted by Crippen LogP contribution is -2.46. The molecule has 7 heteroatoms. The van der Waals surface area contributed by atoms with Crippen LogP contribution in [-0.4, -0.2) is 39.3 Å². The summed E-state index contributed by atoms with van der Waals surface area (Å²) in [4.78, 5) is 12.8. The van der Waals surface area contributed by atoms with Crippen LogP contribution in [0.4, 0.5) is 5.69 Å². The predicted molar refractivity (Wildman–Crippen MR) is 113 cm³/mol. The van der Waals surface area contributed by atoms with E-state index < -0.39 is 10.2 Å². The summed E-state index contributed by atoms with van der Waals surface area (Å²) in [5.41, 5.74) is 3.81. The maximum absolute atomic E-state index is 12.8. The van der Waals surface area contributed by atoms with Crippen molar-refractivity contribution in [2.75, 3.05) is 24.9 Å². The fourth-order valence-corrected chi connectivity index (χ4v) is 3.93. The highest BCUT2D eigenvalue weighted by Gasteiger charge is 2.27. The SMILES string of the molecule is CC[C@H](NC(=O)CN(c1ccccc1)S(=O)(=O)N(C)C)c1ccc(C)c(C)c1. The molecule has 0 aromatic heterocycles. The Hall–Kier alpha value is -2.38. The number of carbonyl (C=O) groups excluding carboxylic acids is 1. The third-order valence-corrected chi connectivity index (χ3v) is 6.57. The highest BCUT2D eigenvalue weighted by Crippen LogP contribution is 2.21. The summed E-state index contributed by atoms with van der Waals surface area (Å²) in [6, 6.07) is 14.6. The summed E-state index contributed by atoms with van der Waals surface area (Å²) >= 11 is 0. The molecule has 2 rings (SSSR count). The summed E-state index contributed by atoms with van der Waals surface area (Å²) in [5, 5.41) is 2.98. The lowest BCUT2D eigenvalue weighted by molar-refractivity contribution is -0.120. The minimum Gasteiger partial charge on any atom is -0.348 e. The Morgan fingerprint density at radius 1 is 1.04 bits per heavy atom. The fourth-order valence-electron chi connectivity index (χ4n) is 2.87. The molecule has 0 heterocycles. The standard InChI is InChI=1S/C21H29N3O3S/c1-6-20(18-13-12-16(2)17(3)14-18)22-21(25)15-24(28(26,27)23(4)5)19-10-8-7-9-11-19/h7-14,20H,6,15H2,1-5H3,(H,22,25)/t20-/m0/s1. The lowest BCUT2D eigenvalue weighted by atomic mass is 9.99. The molecule has 28 heavy (non-hydrogen) atoms. The van der Waals surface area contributed by atoms with E-state index in [1.165, 1.54) is 19.7 Å². The molecule has 0 fully saturated rings. The first kappa shape index (κ1) is 21.9. The molecule has 0 unspecified atom stereocenters. The first-order valence-electron chi connectivity index (χ1n) is 9.28. The maximum Gasteiger partial charge on any atom is 0.304 e. The molecule has 0 bridgehead atoms. The number of carbonyl (C=O) groups is 1. The molecule has 1 N–H and O–H groups in total. The number of hydrogen-bond acceptors (Lipinski definition) is 3. The summed E-state index contributed by atoms with van der Waals surface area (Å²) in [7, 11) is -0.898. The topological polar surface area (TPSA) is 69.7 Å². The third kappa shape index (κ3) is 5.11. The molecule has 0 radical (unpaired) electrons. The van der Waals surface area contributed by atoms with Gasteiger partial charge in [0.05, 0.1) is 11.7 Å². The van der Waals surface area contributed by atoms with E-state index in [1.807, 2.05) is 32.9 Å². The number of nitrogens with one attached hydrogen (secondary N) is 1. The number of nitrogens with zero attached hydrogens (tertiary/aromatic N) is 2. The van der Waals surface area contributed by atoms with Gasteiger partial charge in [-0.25, -0.2) is 4.31 Å². The molecule has 0 aliphatic carbocycles. The van der Waals surface area contributed by atoms with Crippen LogP contribution in [0.2, 0.25) is 0 Å². The van der Waals surface area contributed by atoms with Crippen LogP contribution in [0.5, 0.6) is 0 Å². The van der Waals surface area contributed by atoms with Gasteiger partial charge in [0.15, 0.2) is 0 Å². The van der Waals surface area contributed by atoms with Gasteiger partial charge in [-0.05, 0) is 49.1 Å². The second kappa shape index (κ2) is 9.21. The van der Waals surface area contributed by atoms with Gasteiger partial charge in [0.1, 0.15) is 6.54 Å². The van der Waals surface area contributed by atoms with Gasteiger partial charge in [0.2, 0.25) is 5.91 Å². The largest absolute Gasteiger partial charge is 0.348 e. The van der Waals surface area contributed by atoms with Gasteiger partial charge in [-0.1, -0.05) is 43.3 Å². The van der Waals surface area contributed by atoms with Crippen LogP contribution >= 0.6 is 0 Å². The van der Waals surface area contributed by atoms with Gasteiger partial charge < -0.3 is 5.32 Å². The Morgan fingerprint density at radius 2 is 1.68 bits per heavy atom. The van der Waals surface area contributed by atoms with E-state index in [0.29, 0.717) is 12.1 Å². The number of hydrogen-bond donors (Lipinski definition) is 1. The minimum atomic E-state index is -3.80. The van der Waals surface area contributed by atoms with E-state index in [-0.39, 0.29) is 18.5 Å². The molecular formula is C21H29N3O3S. The van der Waals surface area contributed by atoms with Gasteiger partial charge in [0, 0.05) is 14.1 Å². The number of amides is 1. The molecule has 152 valence electrons. The Balaban J connectivity index is 2.24. The van der Waals surface area contributed by atoms with E-state index in [1.54, 1.807) is 30.3 Å². The van der Waals surface area contributed by atoms with Crippen LogP contribution in [0.25, 0.3) is 0 Å². The van der Waals surface area contributed by atoms with Crippen molar-refractivity contribution in [3.05, 3.63) is 65.2 Å². The lowest BCUT2D eigenvalue weighted by Gasteiger charge is -2.28. The van der Waals surface area contributed by atoms with Crippen LogP contribution in [-0.2, 0) is 15.0 Å². The Bertz CT molecular complexity index is 912. The van der Waals surface area contributed by atoms with Crippen molar-refractivity contribution in [2.45, 2.75) is 33.2 Å². The molecule has 0 aliphatic rings. The second-order valence-electron chi connectivity index (χ2n) is 7.00. The molecule has 6 nitrogen and oxygen atoms in total. The Morgan fingerprint density at radius 3 is 2.21 bits per heavy atom. The van der Waals surface area contributed by atoms with Gasteiger partial charge in [0.25, 0.3) is 0 Å². The molecule has 0 saturated carbocycles. The van der Waals surface area contributed by atoms with Crippen molar-refractivity contribution in [2.24, 2.45) is 0 Å². The number of para-hydroxylation sites is 1. The van der Waals surface area contributed by atoms with E-state index in [2.05, 4.69) is 11.4 Å². The highest BCUT2D eigenvalue weighted by molar-refractivity contribution is 7.90. The van der Waals surface area contributed by atoms with Crippen molar-refractivity contribution < 1.29 is 13.2 Å². The van der Waals surface area contributed by atoms with Crippen LogP contribution in [0.1, 0.15) is 36.1 Å². The van der Waals surface area contributed by atoms with E-state index in [0.717, 1.165) is 19.7 Å². The summed E-state index contributed by atoms with van der Waals surface area (Å²) in [6.07, 6.45) is 0.708. The fraction of sp³-hybridized carbons (Fsp3) is 0.381.